The number of ether oxygens (including phenoxy) is 1. The zero-order chi connectivity index (χ0) is 21.3. The highest BCUT2D eigenvalue weighted by atomic mass is 32.1. The zero-order valence-electron chi connectivity index (χ0n) is 17.0. The fourth-order valence-corrected chi connectivity index (χ4v) is 4.23. The SMILES string of the molecule is COC(=O)c1ccc(-c2ccc([C@H]3[C@H](c4ccccn4)NC(=S)N3C(C)C)o2)cc1. The van der Waals surface area contributed by atoms with Gasteiger partial charge in [-0.1, -0.05) is 18.2 Å². The number of hydrogen-bond acceptors (Lipinski definition) is 5. The Labute approximate surface area is 180 Å². The first-order chi connectivity index (χ1) is 14.5. The lowest BCUT2D eigenvalue weighted by Gasteiger charge is -2.29. The highest BCUT2D eigenvalue weighted by molar-refractivity contribution is 7.80. The maximum atomic E-state index is 11.7. The van der Waals surface area contributed by atoms with Crippen LogP contribution >= 0.6 is 12.2 Å². The highest BCUT2D eigenvalue weighted by Gasteiger charge is 2.42. The molecule has 6 nitrogen and oxygen atoms in total. The average molecular weight is 422 g/mol. The van der Waals surface area contributed by atoms with Gasteiger partial charge in [0.1, 0.15) is 17.6 Å². The zero-order valence-corrected chi connectivity index (χ0v) is 17.8. The van der Waals surface area contributed by atoms with Gasteiger partial charge < -0.3 is 19.4 Å². The fraction of sp³-hybridized carbons (Fsp3) is 0.261. The third kappa shape index (κ3) is 3.68. The Balaban J connectivity index is 1.68. The molecule has 0 radical (unpaired) electrons. The van der Waals surface area contributed by atoms with Crippen LogP contribution in [0.25, 0.3) is 11.3 Å². The number of aromatic nitrogens is 1. The average Bonchev–Trinajstić information content (AvgIpc) is 3.38. The van der Waals surface area contributed by atoms with Gasteiger partial charge in [0.25, 0.3) is 0 Å². The first-order valence-electron chi connectivity index (χ1n) is 9.78. The number of methoxy groups -OCH3 is 1. The summed E-state index contributed by atoms with van der Waals surface area (Å²) in [4.78, 5) is 18.3. The van der Waals surface area contributed by atoms with Crippen LogP contribution in [0.3, 0.4) is 0 Å². The third-order valence-electron chi connectivity index (χ3n) is 5.20. The number of esters is 1. The van der Waals surface area contributed by atoms with E-state index in [0.717, 1.165) is 22.8 Å². The van der Waals surface area contributed by atoms with Crippen molar-refractivity contribution in [2.24, 2.45) is 0 Å². The predicted molar refractivity (Wildman–Crippen MR) is 118 cm³/mol. The van der Waals surface area contributed by atoms with Crippen molar-refractivity contribution in [2.45, 2.75) is 32.0 Å². The molecule has 30 heavy (non-hydrogen) atoms. The van der Waals surface area contributed by atoms with Gasteiger partial charge in [-0.25, -0.2) is 4.79 Å². The van der Waals surface area contributed by atoms with Crippen molar-refractivity contribution < 1.29 is 13.9 Å². The van der Waals surface area contributed by atoms with E-state index in [4.69, 9.17) is 21.4 Å². The third-order valence-corrected chi connectivity index (χ3v) is 5.53. The lowest BCUT2D eigenvalue weighted by molar-refractivity contribution is 0.0600. The Hall–Kier alpha value is -3.19. The van der Waals surface area contributed by atoms with Crippen molar-refractivity contribution in [3.63, 3.8) is 0 Å². The van der Waals surface area contributed by atoms with Gasteiger partial charge in [0, 0.05) is 17.8 Å². The summed E-state index contributed by atoms with van der Waals surface area (Å²) in [5, 5.41) is 4.10. The largest absolute Gasteiger partial charge is 0.465 e. The maximum absolute atomic E-state index is 11.7. The number of benzene rings is 1. The number of nitrogens with one attached hydrogen (secondary N) is 1. The monoisotopic (exact) mass is 421 g/mol. The number of rotatable bonds is 5. The second kappa shape index (κ2) is 8.28. The lowest BCUT2D eigenvalue weighted by atomic mass is 10.0. The summed E-state index contributed by atoms with van der Waals surface area (Å²) in [5.74, 6) is 1.17. The van der Waals surface area contributed by atoms with E-state index in [0.29, 0.717) is 10.7 Å². The van der Waals surface area contributed by atoms with Crippen LogP contribution in [-0.4, -0.2) is 34.1 Å². The number of pyridine rings is 1. The van der Waals surface area contributed by atoms with Crippen molar-refractivity contribution in [1.29, 1.82) is 0 Å². The molecule has 0 saturated carbocycles. The topological polar surface area (TPSA) is 67.6 Å². The number of thiocarbonyl (C=S) groups is 1. The van der Waals surface area contributed by atoms with Gasteiger partial charge in [-0.05, 0) is 62.5 Å². The molecule has 0 spiro atoms. The lowest BCUT2D eigenvalue weighted by Crippen LogP contribution is -2.35. The molecule has 7 heteroatoms. The molecule has 154 valence electrons. The van der Waals surface area contributed by atoms with Crippen LogP contribution < -0.4 is 5.32 Å². The molecule has 0 amide bonds. The van der Waals surface area contributed by atoms with E-state index < -0.39 is 0 Å². The molecule has 1 aromatic carbocycles. The summed E-state index contributed by atoms with van der Waals surface area (Å²) in [7, 11) is 1.37. The van der Waals surface area contributed by atoms with Crippen molar-refractivity contribution in [2.75, 3.05) is 7.11 Å². The molecule has 1 saturated heterocycles. The van der Waals surface area contributed by atoms with Gasteiger partial charge in [0.05, 0.1) is 24.4 Å². The quantitative estimate of drug-likeness (QED) is 0.480. The van der Waals surface area contributed by atoms with E-state index in [2.05, 4.69) is 29.0 Å². The minimum Gasteiger partial charge on any atom is -0.465 e. The van der Waals surface area contributed by atoms with Gasteiger partial charge in [-0.2, -0.15) is 0 Å². The van der Waals surface area contributed by atoms with E-state index in [1.807, 2.05) is 42.5 Å². The van der Waals surface area contributed by atoms with Crippen LogP contribution in [0.4, 0.5) is 0 Å². The van der Waals surface area contributed by atoms with Gasteiger partial charge in [-0.3, -0.25) is 4.98 Å². The number of nitrogens with zero attached hydrogens (tertiary/aromatic N) is 2. The van der Waals surface area contributed by atoms with Crippen LogP contribution in [0.1, 0.15) is 47.7 Å². The van der Waals surface area contributed by atoms with Crippen molar-refractivity contribution in [1.82, 2.24) is 15.2 Å². The summed E-state index contributed by atoms with van der Waals surface area (Å²) in [6.45, 7) is 4.22. The summed E-state index contributed by atoms with van der Waals surface area (Å²) in [5.41, 5.74) is 2.29. The summed E-state index contributed by atoms with van der Waals surface area (Å²) in [6, 6.07) is 16.9. The van der Waals surface area contributed by atoms with Crippen LogP contribution in [0.2, 0.25) is 0 Å². The predicted octanol–water partition coefficient (Wildman–Crippen LogP) is 4.51. The molecule has 0 bridgehead atoms. The second-order valence-corrected chi connectivity index (χ2v) is 7.79. The molecule has 0 aliphatic carbocycles. The van der Waals surface area contributed by atoms with Crippen LogP contribution in [0.5, 0.6) is 0 Å². The minimum absolute atomic E-state index is 0.109. The Morgan fingerprint density at radius 1 is 1.17 bits per heavy atom. The molecular formula is C23H23N3O3S. The Morgan fingerprint density at radius 2 is 1.93 bits per heavy atom. The number of carbonyl (C=O) groups excluding carboxylic acids is 1. The van der Waals surface area contributed by atoms with Crippen molar-refractivity contribution in [3.05, 3.63) is 77.8 Å². The molecule has 2 aromatic heterocycles. The Morgan fingerprint density at radius 3 is 2.57 bits per heavy atom. The van der Waals surface area contributed by atoms with Gasteiger partial charge in [-0.15, -0.1) is 0 Å². The van der Waals surface area contributed by atoms with E-state index >= 15 is 0 Å². The van der Waals surface area contributed by atoms with Gasteiger partial charge in [0.15, 0.2) is 5.11 Å². The number of furan rings is 1. The van der Waals surface area contributed by atoms with Gasteiger partial charge in [0.2, 0.25) is 0 Å². The van der Waals surface area contributed by atoms with E-state index in [1.165, 1.54) is 7.11 Å². The first-order valence-corrected chi connectivity index (χ1v) is 10.2. The van der Waals surface area contributed by atoms with Crippen molar-refractivity contribution >= 4 is 23.3 Å². The molecule has 0 unspecified atom stereocenters. The molecule has 2 atom stereocenters. The highest BCUT2D eigenvalue weighted by Crippen LogP contribution is 2.41. The van der Waals surface area contributed by atoms with E-state index in [-0.39, 0.29) is 24.1 Å². The molecule has 3 aromatic rings. The van der Waals surface area contributed by atoms with E-state index in [1.54, 1.807) is 18.3 Å². The molecule has 1 aliphatic rings. The second-order valence-electron chi connectivity index (χ2n) is 7.40. The summed E-state index contributed by atoms with van der Waals surface area (Å²) in [6.07, 6.45) is 1.78. The van der Waals surface area contributed by atoms with Gasteiger partial charge >= 0.3 is 5.97 Å². The fourth-order valence-electron chi connectivity index (χ4n) is 3.78. The number of hydrogen-bond donors (Lipinski definition) is 1. The van der Waals surface area contributed by atoms with Crippen molar-refractivity contribution in [3.8, 4) is 11.3 Å². The molecule has 3 heterocycles. The van der Waals surface area contributed by atoms with Crippen LogP contribution in [0.15, 0.2) is 65.2 Å². The Bertz CT molecular complexity index is 1050. The minimum atomic E-state index is -0.363. The molecule has 1 N–H and O–H groups in total. The smallest absolute Gasteiger partial charge is 0.337 e. The summed E-state index contributed by atoms with van der Waals surface area (Å²) < 4.78 is 11.0. The molecule has 1 fully saturated rings. The van der Waals surface area contributed by atoms with E-state index in [9.17, 15) is 4.79 Å². The van der Waals surface area contributed by atoms with Crippen LogP contribution in [0, 0.1) is 0 Å². The first kappa shape index (κ1) is 20.1. The summed E-state index contributed by atoms with van der Waals surface area (Å²) >= 11 is 5.62. The molecule has 4 rings (SSSR count). The Kier molecular flexibility index (Phi) is 5.55. The van der Waals surface area contributed by atoms with Crippen LogP contribution in [-0.2, 0) is 4.74 Å². The molecule has 1 aliphatic heterocycles. The maximum Gasteiger partial charge on any atom is 0.337 e. The number of carbonyl (C=O) groups is 1. The molecular weight excluding hydrogens is 398 g/mol. The normalized spacial score (nSPS) is 18.5. The standard InChI is InChI=1S/C23H23N3O3S/c1-14(2)26-21(20(25-23(26)30)17-6-4-5-13-24-17)19-12-11-18(29-19)15-7-9-16(10-8-15)22(27)28-3/h4-14,20-21H,1-3H3,(H,25,30)/t20-,21-/m0/s1.